The van der Waals surface area contributed by atoms with Gasteiger partial charge in [-0.3, -0.25) is 9.59 Å². The lowest BCUT2D eigenvalue weighted by Gasteiger charge is -2.28. The topological polar surface area (TPSA) is 58.6 Å². The van der Waals surface area contributed by atoms with E-state index in [0.717, 1.165) is 37.1 Å². The minimum atomic E-state index is -0.476. The number of hydrogen-bond donors (Lipinski definition) is 1. The van der Waals surface area contributed by atoms with Gasteiger partial charge in [0.05, 0.1) is 7.11 Å². The second-order valence-electron chi connectivity index (χ2n) is 5.77. The fourth-order valence-corrected chi connectivity index (χ4v) is 3.08. The molecule has 1 fully saturated rings. The minimum absolute atomic E-state index is 0.00685. The van der Waals surface area contributed by atoms with Crippen LogP contribution in [-0.4, -0.2) is 42.5 Å². The third kappa shape index (κ3) is 3.78. The van der Waals surface area contributed by atoms with Crippen LogP contribution in [-0.2, 0) is 16.0 Å². The molecule has 0 bridgehead atoms. The molecular formula is C17H24N2O3. The van der Waals surface area contributed by atoms with Gasteiger partial charge >= 0.3 is 0 Å². The molecule has 0 unspecified atom stereocenters. The number of likely N-dealkylation sites (tertiary alicyclic amines) is 1. The first-order valence-corrected chi connectivity index (χ1v) is 7.72. The summed E-state index contributed by atoms with van der Waals surface area (Å²) in [4.78, 5) is 25.5. The van der Waals surface area contributed by atoms with Crippen molar-refractivity contribution < 1.29 is 14.3 Å². The molecule has 120 valence electrons. The maximum Gasteiger partial charge on any atom is 0.245 e. The van der Waals surface area contributed by atoms with Crippen molar-refractivity contribution in [3.63, 3.8) is 0 Å². The Morgan fingerprint density at radius 2 is 2.14 bits per heavy atom. The van der Waals surface area contributed by atoms with E-state index in [1.54, 1.807) is 14.0 Å². The molecular weight excluding hydrogens is 280 g/mol. The zero-order chi connectivity index (χ0) is 16.1. The number of amides is 2. The first-order chi connectivity index (χ1) is 10.5. The van der Waals surface area contributed by atoms with Crippen molar-refractivity contribution in [2.75, 3.05) is 13.7 Å². The van der Waals surface area contributed by atoms with E-state index in [-0.39, 0.29) is 17.9 Å². The van der Waals surface area contributed by atoms with Crippen molar-refractivity contribution >= 4 is 11.8 Å². The molecule has 5 nitrogen and oxygen atoms in total. The lowest BCUT2D eigenvalue weighted by atomic mass is 10.0. The molecule has 2 rings (SSSR count). The second kappa shape index (κ2) is 7.29. The lowest BCUT2D eigenvalue weighted by Crippen LogP contribution is -2.48. The van der Waals surface area contributed by atoms with Gasteiger partial charge in [-0.05, 0) is 37.8 Å². The van der Waals surface area contributed by atoms with Crippen molar-refractivity contribution in [2.24, 2.45) is 0 Å². The summed E-state index contributed by atoms with van der Waals surface area (Å²) in [7, 11) is 1.66. The van der Waals surface area contributed by atoms with Crippen LogP contribution in [0.25, 0.3) is 0 Å². The van der Waals surface area contributed by atoms with E-state index < -0.39 is 6.04 Å². The number of nitrogens with zero attached hydrogens (tertiary/aromatic N) is 1. The van der Waals surface area contributed by atoms with E-state index in [9.17, 15) is 9.59 Å². The lowest BCUT2D eigenvalue weighted by molar-refractivity contribution is -0.136. The monoisotopic (exact) mass is 304 g/mol. The molecule has 0 radical (unpaired) electrons. The van der Waals surface area contributed by atoms with Gasteiger partial charge in [0.25, 0.3) is 0 Å². The summed E-state index contributed by atoms with van der Waals surface area (Å²) in [5.41, 5.74) is 1.11. The number of hydrogen-bond acceptors (Lipinski definition) is 3. The summed E-state index contributed by atoms with van der Waals surface area (Å²) in [6.07, 6.45) is 2.76. The Morgan fingerprint density at radius 3 is 2.82 bits per heavy atom. The number of ether oxygens (including phenoxy) is 1. The van der Waals surface area contributed by atoms with E-state index in [1.807, 2.05) is 29.2 Å². The molecule has 1 aromatic carbocycles. The van der Waals surface area contributed by atoms with E-state index >= 15 is 0 Å². The van der Waals surface area contributed by atoms with Crippen LogP contribution in [0.1, 0.15) is 32.3 Å². The molecule has 1 aliphatic heterocycles. The molecule has 1 aromatic rings. The van der Waals surface area contributed by atoms with E-state index in [1.165, 1.54) is 6.92 Å². The summed E-state index contributed by atoms with van der Waals surface area (Å²) in [5.74, 6) is 0.672. The van der Waals surface area contributed by atoms with Crippen LogP contribution in [0.15, 0.2) is 24.3 Å². The molecule has 5 heteroatoms. The van der Waals surface area contributed by atoms with Gasteiger partial charge in [0, 0.05) is 19.5 Å². The van der Waals surface area contributed by atoms with E-state index in [0.29, 0.717) is 0 Å². The quantitative estimate of drug-likeness (QED) is 0.901. The molecule has 2 atom stereocenters. The van der Waals surface area contributed by atoms with Crippen molar-refractivity contribution in [1.29, 1.82) is 0 Å². The Labute approximate surface area is 131 Å². The highest BCUT2D eigenvalue weighted by Crippen LogP contribution is 2.26. The molecule has 0 saturated carbocycles. The molecule has 2 amide bonds. The standard InChI is InChI=1S/C17H24N2O3/c1-12(18-13(2)20)17(21)19-10-6-8-15(19)11-14-7-4-5-9-16(14)22-3/h4-5,7,9,12,15H,6,8,10-11H2,1-3H3,(H,18,20)/t12-,15-/m1/s1. The average molecular weight is 304 g/mol. The van der Waals surface area contributed by atoms with Gasteiger partial charge in [-0.25, -0.2) is 0 Å². The fourth-order valence-electron chi connectivity index (χ4n) is 3.08. The summed E-state index contributed by atoms with van der Waals surface area (Å²) in [5, 5.41) is 2.67. The van der Waals surface area contributed by atoms with Crippen LogP contribution in [0.4, 0.5) is 0 Å². The first kappa shape index (κ1) is 16.3. The predicted molar refractivity (Wildman–Crippen MR) is 84.7 cm³/mol. The molecule has 1 N–H and O–H groups in total. The number of nitrogens with one attached hydrogen (secondary N) is 1. The number of carbonyl (C=O) groups is 2. The third-order valence-electron chi connectivity index (χ3n) is 4.10. The van der Waals surface area contributed by atoms with Gasteiger partial charge in [0.1, 0.15) is 11.8 Å². The maximum atomic E-state index is 12.5. The molecule has 0 aromatic heterocycles. The van der Waals surface area contributed by atoms with Gasteiger partial charge in [-0.2, -0.15) is 0 Å². The second-order valence-corrected chi connectivity index (χ2v) is 5.77. The fraction of sp³-hybridized carbons (Fsp3) is 0.529. The number of carbonyl (C=O) groups excluding carboxylic acids is 2. The molecule has 1 heterocycles. The largest absolute Gasteiger partial charge is 0.496 e. The van der Waals surface area contributed by atoms with Crippen LogP contribution < -0.4 is 10.1 Å². The van der Waals surface area contributed by atoms with Gasteiger partial charge in [0.15, 0.2) is 0 Å². The Morgan fingerprint density at radius 1 is 1.41 bits per heavy atom. The minimum Gasteiger partial charge on any atom is -0.496 e. The zero-order valence-corrected chi connectivity index (χ0v) is 13.5. The van der Waals surface area contributed by atoms with Crippen LogP contribution in [0, 0.1) is 0 Å². The van der Waals surface area contributed by atoms with Crippen LogP contribution in [0.3, 0.4) is 0 Å². The average Bonchev–Trinajstić information content (AvgIpc) is 2.94. The highest BCUT2D eigenvalue weighted by atomic mass is 16.5. The van der Waals surface area contributed by atoms with Crippen molar-refractivity contribution in [1.82, 2.24) is 10.2 Å². The predicted octanol–water partition coefficient (Wildman–Crippen LogP) is 1.75. The molecule has 1 aliphatic rings. The van der Waals surface area contributed by atoms with E-state index in [4.69, 9.17) is 4.74 Å². The number of rotatable bonds is 5. The van der Waals surface area contributed by atoms with Crippen molar-refractivity contribution in [3.8, 4) is 5.75 Å². The summed E-state index contributed by atoms with van der Waals surface area (Å²) in [6.45, 7) is 3.92. The summed E-state index contributed by atoms with van der Waals surface area (Å²) in [6, 6.07) is 7.60. The van der Waals surface area contributed by atoms with Crippen molar-refractivity contribution in [3.05, 3.63) is 29.8 Å². The third-order valence-corrected chi connectivity index (χ3v) is 4.10. The Kier molecular flexibility index (Phi) is 5.41. The van der Waals surface area contributed by atoms with E-state index in [2.05, 4.69) is 5.32 Å². The van der Waals surface area contributed by atoms with Crippen LogP contribution in [0.5, 0.6) is 5.75 Å². The maximum absolute atomic E-state index is 12.5. The van der Waals surface area contributed by atoms with Gasteiger partial charge < -0.3 is 15.0 Å². The SMILES string of the molecule is COc1ccccc1C[C@H]1CCCN1C(=O)[C@@H](C)NC(C)=O. The van der Waals surface area contributed by atoms with Gasteiger partial charge in [-0.1, -0.05) is 18.2 Å². The van der Waals surface area contributed by atoms with Gasteiger partial charge in [0.2, 0.25) is 11.8 Å². The Balaban J connectivity index is 2.07. The van der Waals surface area contributed by atoms with Crippen LogP contribution >= 0.6 is 0 Å². The van der Waals surface area contributed by atoms with Gasteiger partial charge in [-0.15, -0.1) is 0 Å². The smallest absolute Gasteiger partial charge is 0.245 e. The van der Waals surface area contributed by atoms with Crippen LogP contribution in [0.2, 0.25) is 0 Å². The molecule has 0 spiro atoms. The Hall–Kier alpha value is -2.04. The summed E-state index contributed by atoms with van der Waals surface area (Å²) < 4.78 is 5.39. The number of methoxy groups -OCH3 is 1. The Bertz CT molecular complexity index is 544. The van der Waals surface area contributed by atoms with Crippen molar-refractivity contribution in [2.45, 2.75) is 45.2 Å². The summed E-state index contributed by atoms with van der Waals surface area (Å²) >= 11 is 0. The zero-order valence-electron chi connectivity index (χ0n) is 13.5. The number of benzene rings is 1. The first-order valence-electron chi connectivity index (χ1n) is 7.72. The molecule has 0 aliphatic carbocycles. The normalized spacial score (nSPS) is 18.9. The molecule has 22 heavy (non-hydrogen) atoms. The number of para-hydroxylation sites is 1. The highest BCUT2D eigenvalue weighted by Gasteiger charge is 2.32. The molecule has 1 saturated heterocycles. The highest BCUT2D eigenvalue weighted by molar-refractivity contribution is 5.86.